The molecule has 2 aromatic heterocycles. The normalized spacial score (nSPS) is 14.0. The number of halogens is 1. The highest BCUT2D eigenvalue weighted by Crippen LogP contribution is 2.23. The van der Waals surface area contributed by atoms with Crippen LogP contribution in [0, 0.1) is 5.82 Å². The van der Waals surface area contributed by atoms with Crippen LogP contribution in [0.3, 0.4) is 0 Å². The van der Waals surface area contributed by atoms with Crippen LogP contribution in [-0.2, 0) is 6.54 Å². The molecule has 148 valence electrons. The molecule has 1 saturated carbocycles. The van der Waals surface area contributed by atoms with Crippen molar-refractivity contribution in [1.82, 2.24) is 9.97 Å². The first-order chi connectivity index (χ1) is 14.2. The molecular formula is C23H23FN4O. The number of nitrogens with one attached hydrogen (secondary N) is 1. The minimum atomic E-state index is -0.341. The van der Waals surface area contributed by atoms with E-state index in [4.69, 9.17) is 0 Å². The number of hydrogen-bond donors (Lipinski definition) is 1. The molecule has 6 heteroatoms. The van der Waals surface area contributed by atoms with Crippen molar-refractivity contribution in [3.05, 3.63) is 84.1 Å². The number of carbonyl (C=O) groups excluding carboxylic acids is 1. The number of pyridine rings is 2. The van der Waals surface area contributed by atoms with E-state index in [1.807, 2.05) is 12.1 Å². The molecule has 0 aliphatic heterocycles. The van der Waals surface area contributed by atoms with Crippen LogP contribution in [0.25, 0.3) is 0 Å². The molecule has 0 atom stereocenters. The number of nitrogens with zero attached hydrogens (tertiary/aromatic N) is 3. The Morgan fingerprint density at radius 2 is 1.86 bits per heavy atom. The van der Waals surface area contributed by atoms with Crippen molar-refractivity contribution >= 4 is 17.4 Å². The van der Waals surface area contributed by atoms with Gasteiger partial charge >= 0.3 is 0 Å². The number of benzene rings is 1. The summed E-state index contributed by atoms with van der Waals surface area (Å²) in [6.07, 6.45) is 9.83. The summed E-state index contributed by atoms with van der Waals surface area (Å²) in [5.41, 5.74) is 1.99. The lowest BCUT2D eigenvalue weighted by Gasteiger charge is -2.23. The molecule has 0 unspecified atom stereocenters. The Hall–Kier alpha value is -3.28. The van der Waals surface area contributed by atoms with Gasteiger partial charge in [0.05, 0.1) is 12.1 Å². The quantitative estimate of drug-likeness (QED) is 0.656. The van der Waals surface area contributed by atoms with Crippen molar-refractivity contribution in [2.75, 3.05) is 10.2 Å². The maximum atomic E-state index is 13.4. The van der Waals surface area contributed by atoms with Gasteiger partial charge in [0.15, 0.2) is 0 Å². The first-order valence-corrected chi connectivity index (χ1v) is 9.88. The van der Waals surface area contributed by atoms with Gasteiger partial charge in [-0.1, -0.05) is 18.9 Å². The number of carbonyl (C=O) groups is 1. The summed E-state index contributed by atoms with van der Waals surface area (Å²) in [5, 5.41) is 3.47. The smallest absolute Gasteiger partial charge is 0.260 e. The SMILES string of the molecule is O=C(c1cccnc1)N(Cc1ccc(NC2CCCC2)nc1)c1ccc(F)cc1. The van der Waals surface area contributed by atoms with Gasteiger partial charge in [-0.25, -0.2) is 9.37 Å². The van der Waals surface area contributed by atoms with Crippen LogP contribution in [-0.4, -0.2) is 21.9 Å². The van der Waals surface area contributed by atoms with E-state index in [-0.39, 0.29) is 11.7 Å². The second-order valence-corrected chi connectivity index (χ2v) is 7.29. The van der Waals surface area contributed by atoms with E-state index in [9.17, 15) is 9.18 Å². The maximum absolute atomic E-state index is 13.4. The molecule has 1 fully saturated rings. The summed E-state index contributed by atoms with van der Waals surface area (Å²) in [6, 6.07) is 13.8. The zero-order valence-corrected chi connectivity index (χ0v) is 16.1. The summed E-state index contributed by atoms with van der Waals surface area (Å²) in [7, 11) is 0. The van der Waals surface area contributed by atoms with E-state index in [1.165, 1.54) is 44.0 Å². The predicted octanol–water partition coefficient (Wildman–Crippen LogP) is 4.82. The Balaban J connectivity index is 1.54. The van der Waals surface area contributed by atoms with Gasteiger partial charge < -0.3 is 10.2 Å². The van der Waals surface area contributed by atoms with Crippen molar-refractivity contribution in [2.45, 2.75) is 38.3 Å². The molecule has 29 heavy (non-hydrogen) atoms. The zero-order chi connectivity index (χ0) is 20.1. The standard InChI is InChI=1S/C23H23FN4O/c24-19-8-10-21(11-9-19)28(23(29)18-4-3-13-25-15-18)16-17-7-12-22(26-14-17)27-20-5-1-2-6-20/h3-4,7-15,20H,1-2,5-6,16H2,(H,26,27). The Labute approximate surface area is 169 Å². The van der Waals surface area contributed by atoms with Crippen molar-refractivity contribution < 1.29 is 9.18 Å². The predicted molar refractivity (Wildman–Crippen MR) is 111 cm³/mol. The maximum Gasteiger partial charge on any atom is 0.260 e. The van der Waals surface area contributed by atoms with Crippen molar-refractivity contribution in [2.24, 2.45) is 0 Å². The first-order valence-electron chi connectivity index (χ1n) is 9.88. The Bertz CT molecular complexity index is 939. The highest BCUT2D eigenvalue weighted by atomic mass is 19.1. The molecule has 5 nitrogen and oxygen atoms in total. The van der Waals surface area contributed by atoms with Crippen LogP contribution in [0.2, 0.25) is 0 Å². The Morgan fingerprint density at radius 3 is 2.52 bits per heavy atom. The van der Waals surface area contributed by atoms with Crippen molar-refractivity contribution in [3.8, 4) is 0 Å². The van der Waals surface area contributed by atoms with Crippen molar-refractivity contribution in [3.63, 3.8) is 0 Å². The summed E-state index contributed by atoms with van der Waals surface area (Å²) in [6.45, 7) is 0.329. The molecule has 2 heterocycles. The van der Waals surface area contributed by atoms with Gasteiger partial charge in [-0.3, -0.25) is 9.78 Å². The third kappa shape index (κ3) is 4.77. The Kier molecular flexibility index (Phi) is 5.79. The molecule has 1 amide bonds. The van der Waals surface area contributed by atoms with Crippen LogP contribution in [0.15, 0.2) is 67.1 Å². The van der Waals surface area contributed by atoms with E-state index in [2.05, 4.69) is 15.3 Å². The number of rotatable bonds is 6. The topological polar surface area (TPSA) is 58.1 Å². The minimum Gasteiger partial charge on any atom is -0.367 e. The van der Waals surface area contributed by atoms with Crippen LogP contribution in [0.4, 0.5) is 15.9 Å². The lowest BCUT2D eigenvalue weighted by atomic mass is 10.1. The lowest BCUT2D eigenvalue weighted by molar-refractivity contribution is 0.0984. The second kappa shape index (κ2) is 8.82. The molecule has 1 N–H and O–H groups in total. The van der Waals surface area contributed by atoms with Gasteiger partial charge in [0, 0.05) is 30.3 Å². The van der Waals surface area contributed by atoms with Gasteiger partial charge in [-0.15, -0.1) is 0 Å². The zero-order valence-electron chi connectivity index (χ0n) is 16.1. The molecular weight excluding hydrogens is 367 g/mol. The highest BCUT2D eigenvalue weighted by molar-refractivity contribution is 6.05. The fourth-order valence-electron chi connectivity index (χ4n) is 3.61. The highest BCUT2D eigenvalue weighted by Gasteiger charge is 2.19. The summed E-state index contributed by atoms with van der Waals surface area (Å²) >= 11 is 0. The van der Waals surface area contributed by atoms with Crippen LogP contribution in [0.5, 0.6) is 0 Å². The van der Waals surface area contributed by atoms with E-state index < -0.39 is 0 Å². The second-order valence-electron chi connectivity index (χ2n) is 7.29. The van der Waals surface area contributed by atoms with Gasteiger partial charge in [0.1, 0.15) is 11.6 Å². The van der Waals surface area contributed by atoms with Crippen LogP contribution >= 0.6 is 0 Å². The third-order valence-electron chi connectivity index (χ3n) is 5.16. The van der Waals surface area contributed by atoms with Gasteiger partial charge in [-0.05, 0) is 60.9 Å². The monoisotopic (exact) mass is 390 g/mol. The van der Waals surface area contributed by atoms with Crippen LogP contribution < -0.4 is 10.2 Å². The fraction of sp³-hybridized carbons (Fsp3) is 0.261. The van der Waals surface area contributed by atoms with E-state index >= 15 is 0 Å². The summed E-state index contributed by atoms with van der Waals surface area (Å²) in [4.78, 5) is 23.2. The minimum absolute atomic E-state index is 0.196. The summed E-state index contributed by atoms with van der Waals surface area (Å²) < 4.78 is 13.4. The van der Waals surface area contributed by atoms with E-state index in [1.54, 1.807) is 41.6 Å². The average molecular weight is 390 g/mol. The first kappa shape index (κ1) is 19.1. The Morgan fingerprint density at radius 1 is 1.07 bits per heavy atom. The van der Waals surface area contributed by atoms with Gasteiger partial charge in [-0.2, -0.15) is 0 Å². The lowest BCUT2D eigenvalue weighted by Crippen LogP contribution is -2.30. The average Bonchev–Trinajstić information content (AvgIpc) is 3.27. The van der Waals surface area contributed by atoms with E-state index in [0.717, 1.165) is 11.4 Å². The molecule has 3 aromatic rings. The molecule has 0 spiro atoms. The number of hydrogen-bond acceptors (Lipinski definition) is 4. The van der Waals surface area contributed by atoms with Crippen molar-refractivity contribution in [1.29, 1.82) is 0 Å². The molecule has 0 radical (unpaired) electrons. The molecule has 1 aliphatic carbocycles. The molecule has 1 aromatic carbocycles. The van der Waals surface area contributed by atoms with Gasteiger partial charge in [0.25, 0.3) is 5.91 Å². The molecule has 1 aliphatic rings. The fourth-order valence-corrected chi connectivity index (χ4v) is 3.61. The van der Waals surface area contributed by atoms with Crippen LogP contribution in [0.1, 0.15) is 41.6 Å². The third-order valence-corrected chi connectivity index (χ3v) is 5.16. The number of aromatic nitrogens is 2. The van der Waals surface area contributed by atoms with Gasteiger partial charge in [0.2, 0.25) is 0 Å². The molecule has 0 saturated heterocycles. The molecule has 4 rings (SSSR count). The largest absolute Gasteiger partial charge is 0.367 e. The number of anilines is 2. The molecule has 0 bridgehead atoms. The number of amides is 1. The van der Waals surface area contributed by atoms with E-state index in [0.29, 0.717) is 23.8 Å². The summed E-state index contributed by atoms with van der Waals surface area (Å²) in [5.74, 6) is 0.317.